The van der Waals surface area contributed by atoms with Gasteiger partial charge in [-0.25, -0.2) is 0 Å². The number of ether oxygens (including phenoxy) is 2. The van der Waals surface area contributed by atoms with Crippen LogP contribution in [0.25, 0.3) is 0 Å². The summed E-state index contributed by atoms with van der Waals surface area (Å²) in [7, 11) is 3.12. The van der Waals surface area contributed by atoms with Crippen molar-refractivity contribution >= 4 is 11.8 Å². The summed E-state index contributed by atoms with van der Waals surface area (Å²) in [5.41, 5.74) is 1.97. The Balaban J connectivity index is 1.71. The van der Waals surface area contributed by atoms with Crippen molar-refractivity contribution in [1.82, 2.24) is 14.8 Å². The number of carbonyl (C=O) groups is 2. The number of amides is 2. The molecule has 1 aliphatic heterocycles. The molecule has 0 spiro atoms. The summed E-state index contributed by atoms with van der Waals surface area (Å²) >= 11 is 0. The van der Waals surface area contributed by atoms with Crippen LogP contribution in [0.3, 0.4) is 0 Å². The number of aromatic nitrogens is 1. The molecule has 3 rings (SSSR count). The number of carbonyl (C=O) groups excluding carboxylic acids is 2. The molecule has 1 saturated heterocycles. The molecule has 2 amide bonds. The quantitative estimate of drug-likeness (QED) is 0.824. The van der Waals surface area contributed by atoms with Gasteiger partial charge < -0.3 is 19.3 Å². The number of methoxy groups -OCH3 is 2. The molecule has 1 aromatic carbocycles. The van der Waals surface area contributed by atoms with Crippen molar-refractivity contribution in [2.75, 3.05) is 40.4 Å². The van der Waals surface area contributed by atoms with Crippen molar-refractivity contribution in [1.29, 1.82) is 0 Å². The average molecular weight is 369 g/mol. The molecule has 2 aromatic rings. The number of benzene rings is 1. The van der Waals surface area contributed by atoms with E-state index in [-0.39, 0.29) is 11.8 Å². The van der Waals surface area contributed by atoms with Crippen molar-refractivity contribution in [2.45, 2.75) is 6.92 Å². The van der Waals surface area contributed by atoms with Gasteiger partial charge in [0.05, 0.1) is 19.8 Å². The summed E-state index contributed by atoms with van der Waals surface area (Å²) in [5, 5.41) is 0. The van der Waals surface area contributed by atoms with E-state index in [1.54, 1.807) is 60.7 Å². The number of piperazine rings is 1. The molecule has 0 bridgehead atoms. The highest BCUT2D eigenvalue weighted by Gasteiger charge is 2.27. The first-order valence-electron chi connectivity index (χ1n) is 8.76. The molecule has 2 heterocycles. The summed E-state index contributed by atoms with van der Waals surface area (Å²) < 4.78 is 10.7. The van der Waals surface area contributed by atoms with Gasteiger partial charge in [0.2, 0.25) is 0 Å². The maximum absolute atomic E-state index is 13.0. The number of aryl methyl sites for hydroxylation is 1. The first-order valence-corrected chi connectivity index (χ1v) is 8.76. The largest absolute Gasteiger partial charge is 0.496 e. The normalized spacial score (nSPS) is 14.0. The summed E-state index contributed by atoms with van der Waals surface area (Å²) in [6, 6.07) is 6.91. The fraction of sp³-hybridized carbons (Fsp3) is 0.350. The Morgan fingerprint density at radius 2 is 1.44 bits per heavy atom. The molecule has 7 nitrogen and oxygen atoms in total. The third-order valence-electron chi connectivity index (χ3n) is 4.73. The number of hydrogen-bond acceptors (Lipinski definition) is 5. The first-order chi connectivity index (χ1) is 13.0. The van der Waals surface area contributed by atoms with Gasteiger partial charge >= 0.3 is 0 Å². The molecule has 0 radical (unpaired) electrons. The lowest BCUT2D eigenvalue weighted by molar-refractivity contribution is 0.0533. The maximum atomic E-state index is 13.0. The van der Waals surface area contributed by atoms with E-state index >= 15 is 0 Å². The van der Waals surface area contributed by atoms with Gasteiger partial charge in [-0.2, -0.15) is 0 Å². The van der Waals surface area contributed by atoms with Crippen molar-refractivity contribution in [3.05, 3.63) is 53.3 Å². The van der Waals surface area contributed by atoms with Crippen molar-refractivity contribution in [2.24, 2.45) is 0 Å². The minimum absolute atomic E-state index is 0.0425. The molecule has 0 N–H and O–H groups in total. The third kappa shape index (κ3) is 3.86. The van der Waals surface area contributed by atoms with Crippen LogP contribution in [0.1, 0.15) is 26.3 Å². The second-order valence-corrected chi connectivity index (χ2v) is 6.34. The van der Waals surface area contributed by atoms with E-state index in [4.69, 9.17) is 9.47 Å². The van der Waals surface area contributed by atoms with Crippen LogP contribution < -0.4 is 9.47 Å². The zero-order chi connectivity index (χ0) is 19.4. The van der Waals surface area contributed by atoms with E-state index in [0.717, 1.165) is 5.56 Å². The monoisotopic (exact) mass is 369 g/mol. The third-order valence-corrected chi connectivity index (χ3v) is 4.73. The Hall–Kier alpha value is -3.09. The van der Waals surface area contributed by atoms with Gasteiger partial charge in [-0.05, 0) is 36.8 Å². The van der Waals surface area contributed by atoms with Crippen LogP contribution in [0.4, 0.5) is 0 Å². The fourth-order valence-electron chi connectivity index (χ4n) is 3.18. The molecule has 27 heavy (non-hydrogen) atoms. The first kappa shape index (κ1) is 18.7. The van der Waals surface area contributed by atoms with Crippen LogP contribution in [-0.4, -0.2) is 67.0 Å². The number of rotatable bonds is 4. The van der Waals surface area contributed by atoms with E-state index in [0.29, 0.717) is 48.8 Å². The lowest BCUT2D eigenvalue weighted by Gasteiger charge is -2.35. The highest BCUT2D eigenvalue weighted by Crippen LogP contribution is 2.29. The molecule has 1 aromatic heterocycles. The van der Waals surface area contributed by atoms with Gasteiger partial charge in [0.15, 0.2) is 0 Å². The molecule has 0 unspecified atom stereocenters. The van der Waals surface area contributed by atoms with Gasteiger partial charge in [0.1, 0.15) is 11.5 Å². The lowest BCUT2D eigenvalue weighted by Crippen LogP contribution is -2.50. The molecule has 1 aliphatic rings. The van der Waals surface area contributed by atoms with E-state index < -0.39 is 0 Å². The maximum Gasteiger partial charge on any atom is 0.257 e. The summed E-state index contributed by atoms with van der Waals surface area (Å²) in [6.45, 7) is 3.81. The van der Waals surface area contributed by atoms with Crippen molar-refractivity contribution in [3.63, 3.8) is 0 Å². The summed E-state index contributed by atoms with van der Waals surface area (Å²) in [5.74, 6) is 1.000. The Bertz CT molecular complexity index is 831. The van der Waals surface area contributed by atoms with Gasteiger partial charge in [0, 0.05) is 44.1 Å². The number of pyridine rings is 1. The molecule has 0 aliphatic carbocycles. The zero-order valence-corrected chi connectivity index (χ0v) is 15.8. The average Bonchev–Trinajstić information content (AvgIpc) is 2.73. The standard InChI is InChI=1S/C20H23N3O4/c1-14-12-18(27-3)16(13-17(14)26-2)20(25)23-10-8-22(9-11-23)19(24)15-4-6-21-7-5-15/h4-7,12-13H,8-11H2,1-3H3. The van der Waals surface area contributed by atoms with Gasteiger partial charge in [-0.15, -0.1) is 0 Å². The Morgan fingerprint density at radius 1 is 0.889 bits per heavy atom. The minimum atomic E-state index is -0.124. The lowest BCUT2D eigenvalue weighted by atomic mass is 10.1. The van der Waals surface area contributed by atoms with Crippen LogP contribution in [-0.2, 0) is 0 Å². The molecular weight excluding hydrogens is 346 g/mol. The van der Waals surface area contributed by atoms with E-state index in [1.165, 1.54) is 0 Å². The smallest absolute Gasteiger partial charge is 0.257 e. The summed E-state index contributed by atoms with van der Waals surface area (Å²) in [4.78, 5) is 32.9. The number of nitrogens with zero attached hydrogens (tertiary/aromatic N) is 3. The van der Waals surface area contributed by atoms with Gasteiger partial charge in [0.25, 0.3) is 11.8 Å². The highest BCUT2D eigenvalue weighted by molar-refractivity contribution is 5.98. The van der Waals surface area contributed by atoms with E-state index in [2.05, 4.69) is 4.98 Å². The van der Waals surface area contributed by atoms with Crippen LogP contribution in [0.2, 0.25) is 0 Å². The van der Waals surface area contributed by atoms with Crippen molar-refractivity contribution < 1.29 is 19.1 Å². The van der Waals surface area contributed by atoms with E-state index in [9.17, 15) is 9.59 Å². The van der Waals surface area contributed by atoms with Crippen LogP contribution in [0.5, 0.6) is 11.5 Å². The van der Waals surface area contributed by atoms with Crippen LogP contribution in [0.15, 0.2) is 36.7 Å². The molecule has 142 valence electrons. The topological polar surface area (TPSA) is 72.0 Å². The second kappa shape index (κ2) is 8.07. The SMILES string of the molecule is COc1cc(C(=O)N2CCN(C(=O)c3ccncc3)CC2)c(OC)cc1C. The van der Waals surface area contributed by atoms with Crippen LogP contribution in [0, 0.1) is 6.92 Å². The van der Waals surface area contributed by atoms with E-state index in [1.807, 2.05) is 6.92 Å². The second-order valence-electron chi connectivity index (χ2n) is 6.34. The fourth-order valence-corrected chi connectivity index (χ4v) is 3.18. The Kier molecular flexibility index (Phi) is 5.59. The van der Waals surface area contributed by atoms with Crippen molar-refractivity contribution in [3.8, 4) is 11.5 Å². The Morgan fingerprint density at radius 3 is 2.00 bits per heavy atom. The minimum Gasteiger partial charge on any atom is -0.496 e. The Labute approximate surface area is 158 Å². The number of hydrogen-bond donors (Lipinski definition) is 0. The molecule has 7 heteroatoms. The predicted octanol–water partition coefficient (Wildman–Crippen LogP) is 2.01. The molecular formula is C20H23N3O4. The molecule has 0 atom stereocenters. The van der Waals surface area contributed by atoms with Gasteiger partial charge in [-0.3, -0.25) is 14.6 Å². The van der Waals surface area contributed by atoms with Gasteiger partial charge in [-0.1, -0.05) is 0 Å². The zero-order valence-electron chi connectivity index (χ0n) is 15.8. The molecule has 1 fully saturated rings. The molecule has 0 saturated carbocycles. The summed E-state index contributed by atoms with van der Waals surface area (Å²) in [6.07, 6.45) is 3.20. The predicted molar refractivity (Wildman–Crippen MR) is 100 cm³/mol. The van der Waals surface area contributed by atoms with Crippen LogP contribution >= 0.6 is 0 Å². The highest BCUT2D eigenvalue weighted by atomic mass is 16.5.